The van der Waals surface area contributed by atoms with Crippen molar-refractivity contribution in [3.8, 4) is 0 Å². The highest BCUT2D eigenvalue weighted by molar-refractivity contribution is 5.89. The smallest absolute Gasteiger partial charge is 0.427 e. The minimum atomic E-state index is -5.65. The van der Waals surface area contributed by atoms with E-state index < -0.39 is 41.9 Å². The number of likely N-dealkylation sites (N-methyl/N-ethyl adjacent to an activating group) is 1. The van der Waals surface area contributed by atoms with Crippen LogP contribution in [-0.4, -0.2) is 62.0 Å². The number of ether oxygens (including phenoxy) is 2. The van der Waals surface area contributed by atoms with Crippen molar-refractivity contribution in [1.82, 2.24) is 10.2 Å². The van der Waals surface area contributed by atoms with E-state index in [0.29, 0.717) is 61.1 Å². The number of halogens is 6. The van der Waals surface area contributed by atoms with Crippen LogP contribution in [0.1, 0.15) is 82.8 Å². The van der Waals surface area contributed by atoms with Gasteiger partial charge < -0.3 is 19.7 Å². The number of carbonyl (C=O) groups excluding carboxylic acids is 2. The third-order valence-electron chi connectivity index (χ3n) is 9.84. The Kier molecular flexibility index (Phi) is 12.2. The minimum absolute atomic E-state index is 0.156. The van der Waals surface area contributed by atoms with Crippen molar-refractivity contribution in [3.63, 3.8) is 0 Å². The van der Waals surface area contributed by atoms with Crippen molar-refractivity contribution in [3.05, 3.63) is 82.7 Å². The molecule has 1 aromatic rings. The summed E-state index contributed by atoms with van der Waals surface area (Å²) in [6, 6.07) is 7.61. The average molecular weight is 697 g/mol. The van der Waals surface area contributed by atoms with Gasteiger partial charge in [0.25, 0.3) is 11.5 Å². The van der Waals surface area contributed by atoms with Gasteiger partial charge in [-0.15, -0.1) is 0 Å². The van der Waals surface area contributed by atoms with Crippen LogP contribution in [0.2, 0.25) is 0 Å². The van der Waals surface area contributed by atoms with E-state index >= 15 is 0 Å². The van der Waals surface area contributed by atoms with E-state index in [0.717, 1.165) is 18.1 Å². The number of allylic oxidation sites excluding steroid dienone is 5. The Morgan fingerprint density at radius 2 is 1.71 bits per heavy atom. The summed E-state index contributed by atoms with van der Waals surface area (Å²) in [4.78, 5) is 26.8. The van der Waals surface area contributed by atoms with Crippen LogP contribution in [-0.2, 0) is 24.6 Å². The molecule has 3 aliphatic rings. The van der Waals surface area contributed by atoms with E-state index in [4.69, 9.17) is 9.47 Å². The van der Waals surface area contributed by atoms with Crippen molar-refractivity contribution in [2.75, 3.05) is 26.8 Å². The van der Waals surface area contributed by atoms with Gasteiger partial charge in [0.05, 0.1) is 13.2 Å². The monoisotopic (exact) mass is 696 g/mol. The van der Waals surface area contributed by atoms with Crippen LogP contribution in [0.25, 0.3) is 0 Å². The molecule has 0 radical (unpaired) electrons. The van der Waals surface area contributed by atoms with Crippen LogP contribution in [0.15, 0.2) is 71.6 Å². The minimum Gasteiger partial charge on any atom is -0.493 e. The molecule has 0 bridgehead atoms. The maximum absolute atomic E-state index is 14.1. The molecule has 1 fully saturated rings. The summed E-state index contributed by atoms with van der Waals surface area (Å²) in [5.41, 5.74) is -3.08. The number of benzene rings is 1. The lowest BCUT2D eigenvalue weighted by Crippen LogP contribution is -2.61. The zero-order valence-corrected chi connectivity index (χ0v) is 28.4. The molecule has 0 spiro atoms. The topological polar surface area (TPSA) is 67.9 Å². The lowest BCUT2D eigenvalue weighted by Gasteiger charge is -2.39. The second-order valence-corrected chi connectivity index (χ2v) is 13.2. The fraction of sp³-hybridized carbons (Fsp3) is 0.568. The highest BCUT2D eigenvalue weighted by atomic mass is 19.4. The van der Waals surface area contributed by atoms with Crippen molar-refractivity contribution in [1.29, 1.82) is 0 Å². The number of rotatable bonds is 15. The van der Waals surface area contributed by atoms with Crippen LogP contribution in [0, 0.1) is 11.8 Å². The largest absolute Gasteiger partial charge is 0.493 e. The number of alkyl halides is 6. The number of nitrogens with zero attached hydrogens (tertiary/aromatic N) is 1. The second kappa shape index (κ2) is 15.6. The summed E-state index contributed by atoms with van der Waals surface area (Å²) < 4.78 is 95.7. The third kappa shape index (κ3) is 7.64. The van der Waals surface area contributed by atoms with E-state index in [1.165, 1.54) is 4.90 Å². The molecule has 12 heteroatoms. The number of carbonyl (C=O) groups is 2. The zero-order valence-electron chi connectivity index (χ0n) is 28.4. The third-order valence-corrected chi connectivity index (χ3v) is 9.84. The van der Waals surface area contributed by atoms with Crippen LogP contribution < -0.4 is 5.32 Å². The molecule has 4 atom stereocenters. The lowest BCUT2D eigenvalue weighted by atomic mass is 9.70. The quantitative estimate of drug-likeness (QED) is 0.114. The number of hydrogen-bond donors (Lipinski definition) is 1. The summed E-state index contributed by atoms with van der Waals surface area (Å²) >= 11 is 0. The molecule has 4 rings (SSSR count). The van der Waals surface area contributed by atoms with Gasteiger partial charge in [-0.3, -0.25) is 9.59 Å². The molecule has 1 aromatic carbocycles. The number of nitrogens with one attached hydrogen (secondary N) is 1. The van der Waals surface area contributed by atoms with Gasteiger partial charge in [-0.25, -0.2) is 0 Å². The van der Waals surface area contributed by atoms with Crippen molar-refractivity contribution in [2.24, 2.45) is 11.8 Å². The maximum atomic E-state index is 14.1. The highest BCUT2D eigenvalue weighted by Gasteiger charge is 2.79. The van der Waals surface area contributed by atoms with Gasteiger partial charge in [0.2, 0.25) is 6.41 Å². The van der Waals surface area contributed by atoms with Gasteiger partial charge >= 0.3 is 12.4 Å². The van der Waals surface area contributed by atoms with E-state index in [-0.39, 0.29) is 31.3 Å². The van der Waals surface area contributed by atoms with Gasteiger partial charge in [-0.2, -0.15) is 26.3 Å². The number of hydrogen-bond acceptors (Lipinski definition) is 4. The molecule has 1 heterocycles. The first-order valence-corrected chi connectivity index (χ1v) is 16.9. The van der Waals surface area contributed by atoms with Crippen molar-refractivity contribution >= 4 is 12.3 Å². The van der Waals surface area contributed by atoms with E-state index in [1.54, 1.807) is 20.9 Å². The van der Waals surface area contributed by atoms with Gasteiger partial charge in [-0.05, 0) is 61.3 Å². The summed E-state index contributed by atoms with van der Waals surface area (Å²) in [5, 5.41) is 2.69. The van der Waals surface area contributed by atoms with E-state index in [2.05, 4.69) is 17.5 Å². The van der Waals surface area contributed by atoms with E-state index in [9.17, 15) is 35.9 Å². The Labute approximate surface area is 284 Å². The van der Waals surface area contributed by atoms with Crippen molar-refractivity contribution < 1.29 is 45.4 Å². The summed E-state index contributed by atoms with van der Waals surface area (Å²) in [7, 11) is 1.64. The normalized spacial score (nSPS) is 23.1. The van der Waals surface area contributed by atoms with Crippen molar-refractivity contribution in [2.45, 2.75) is 95.1 Å². The lowest BCUT2D eigenvalue weighted by molar-refractivity contribution is -0.376. The first-order valence-electron chi connectivity index (χ1n) is 16.9. The molecular weight excluding hydrogens is 650 g/mol. The van der Waals surface area contributed by atoms with E-state index in [1.807, 2.05) is 43.3 Å². The fourth-order valence-electron chi connectivity index (χ4n) is 7.23. The second-order valence-electron chi connectivity index (χ2n) is 13.2. The molecule has 1 aliphatic heterocycles. The predicted molar refractivity (Wildman–Crippen MR) is 174 cm³/mol. The Balaban J connectivity index is 1.43. The first-order chi connectivity index (χ1) is 23.2. The number of amides is 2. The molecule has 1 saturated heterocycles. The van der Waals surface area contributed by atoms with Gasteiger partial charge in [0.1, 0.15) is 11.3 Å². The Hall–Kier alpha value is -3.54. The molecular formula is C37H46F6N2O4. The molecule has 49 heavy (non-hydrogen) atoms. The molecule has 1 N–H and O–H groups in total. The molecule has 2 amide bonds. The first kappa shape index (κ1) is 38.3. The fourth-order valence-corrected chi connectivity index (χ4v) is 7.23. The van der Waals surface area contributed by atoms with Crippen LogP contribution in [0.5, 0.6) is 0 Å². The number of fused-ring (bicyclic) bond motifs is 1. The molecule has 270 valence electrons. The SMILES string of the molecule is CCCC1=CC2C(COC2(C(F)(F)F)C(F)(F)F)C(CCC)=C1OCCCCN(C)C(=O)C(C)(NC=O)c1ccc(C2C=CC=CC2)cc1. The highest BCUT2D eigenvalue weighted by Crippen LogP contribution is 2.60. The summed E-state index contributed by atoms with van der Waals surface area (Å²) in [5.74, 6) is -2.76. The standard InChI is InChI=1S/C37H46F6N2O4/c1-5-12-27-22-31-30(23-49-35(31,36(38,39)40)37(41,42)43)29(13-6-2)32(27)48-21-11-10-20-45(4)33(47)34(3,44-24-46)28-18-16-26(17-19-28)25-14-8-7-9-15-25/h7-9,14,16-19,22,24-25,30-31H,5-6,10-13,15,20-21,23H2,1-4H3,(H,44,46). The molecule has 0 saturated carbocycles. The molecule has 2 aliphatic carbocycles. The molecule has 6 nitrogen and oxygen atoms in total. The average Bonchev–Trinajstić information content (AvgIpc) is 3.47. The Morgan fingerprint density at radius 1 is 1.04 bits per heavy atom. The Bertz CT molecular complexity index is 1430. The molecule has 0 aromatic heterocycles. The van der Waals surface area contributed by atoms with Crippen LogP contribution in [0.4, 0.5) is 26.3 Å². The summed E-state index contributed by atoms with van der Waals surface area (Å²) in [6.45, 7) is 5.04. The maximum Gasteiger partial charge on any atom is 0.427 e. The van der Waals surface area contributed by atoms with Gasteiger partial charge in [0, 0.05) is 31.3 Å². The Morgan fingerprint density at radius 3 is 2.29 bits per heavy atom. The predicted octanol–water partition coefficient (Wildman–Crippen LogP) is 8.42. The van der Waals surface area contributed by atoms with Crippen LogP contribution >= 0.6 is 0 Å². The summed E-state index contributed by atoms with van der Waals surface area (Å²) in [6.07, 6.45) is 1.89. The zero-order chi connectivity index (χ0) is 36.0. The number of unbranched alkanes of at least 4 members (excludes halogenated alkanes) is 1. The van der Waals surface area contributed by atoms with Crippen LogP contribution in [0.3, 0.4) is 0 Å². The van der Waals surface area contributed by atoms with Gasteiger partial charge in [-0.1, -0.05) is 81.3 Å². The van der Waals surface area contributed by atoms with Gasteiger partial charge in [0.15, 0.2) is 0 Å². The molecule has 4 unspecified atom stereocenters.